The Labute approximate surface area is 128 Å². The van der Waals surface area contributed by atoms with Crippen molar-refractivity contribution >= 4 is 22.1 Å². The van der Waals surface area contributed by atoms with Crippen LogP contribution < -0.4 is 0 Å². The maximum absolute atomic E-state index is 10.2. The van der Waals surface area contributed by atoms with Gasteiger partial charge in [0, 0.05) is 0 Å². The Morgan fingerprint density at radius 1 is 1.18 bits per heavy atom. The van der Waals surface area contributed by atoms with E-state index in [0.29, 0.717) is 13.2 Å². The van der Waals surface area contributed by atoms with Crippen molar-refractivity contribution in [1.82, 2.24) is 0 Å². The molecule has 0 aliphatic carbocycles. The van der Waals surface area contributed by atoms with Gasteiger partial charge in [-0.05, 0) is 0 Å². The molecule has 1 unspecified atom stereocenters. The predicted octanol–water partition coefficient (Wildman–Crippen LogP) is 0.194. The van der Waals surface area contributed by atoms with E-state index in [4.69, 9.17) is 19.5 Å². The number of aliphatic carboxylic acids is 2. The minimum absolute atomic E-state index is 0.617. The number of rotatable bonds is 8. The lowest BCUT2D eigenvalue weighted by molar-refractivity contribution is -0.143. The lowest BCUT2D eigenvalue weighted by atomic mass is 10.3. The van der Waals surface area contributed by atoms with Crippen molar-refractivity contribution in [3.05, 3.63) is 25.3 Å². The van der Waals surface area contributed by atoms with E-state index in [9.17, 15) is 18.0 Å². The van der Waals surface area contributed by atoms with Gasteiger partial charge < -0.3 is 19.7 Å². The van der Waals surface area contributed by atoms with E-state index in [-0.39, 0.29) is 0 Å². The number of hydrogen-bond acceptors (Lipinski definition) is 6. The van der Waals surface area contributed by atoms with Crippen molar-refractivity contribution in [2.24, 2.45) is 0 Å². The van der Waals surface area contributed by atoms with Gasteiger partial charge >= 0.3 is 11.9 Å². The van der Waals surface area contributed by atoms with Gasteiger partial charge in [-0.15, -0.1) is 13.2 Å². The molecule has 0 aromatic carbocycles. The topological polar surface area (TPSA) is 151 Å². The highest BCUT2D eigenvalue weighted by atomic mass is 32.2. The molecule has 1 aliphatic heterocycles. The molecule has 1 saturated heterocycles. The Bertz CT molecular complexity index is 442. The Balaban J connectivity index is 0. The first kappa shape index (κ1) is 22.5. The Morgan fingerprint density at radius 2 is 1.59 bits per heavy atom. The zero-order chi connectivity index (χ0) is 17.6. The summed E-state index contributed by atoms with van der Waals surface area (Å²) in [5.74, 6) is -3.50. The highest BCUT2D eigenvalue weighted by Gasteiger charge is 2.33. The average molecular weight is 340 g/mol. The normalized spacial score (nSPS) is 13.3. The van der Waals surface area contributed by atoms with Gasteiger partial charge in [0.2, 0.25) is 0 Å². The van der Waals surface area contributed by atoms with Gasteiger partial charge in [-0.1, -0.05) is 12.2 Å². The summed E-state index contributed by atoms with van der Waals surface area (Å²) in [4.78, 5) is 20.0. The summed E-state index contributed by atoms with van der Waals surface area (Å²) < 4.78 is 38.1. The first-order valence-corrected chi connectivity index (χ1v) is 7.45. The number of carboxylic acids is 2. The third-order valence-electron chi connectivity index (χ3n) is 1.67. The van der Waals surface area contributed by atoms with E-state index in [1.54, 1.807) is 12.2 Å². The second-order valence-electron chi connectivity index (χ2n) is 3.67. The first-order valence-electron chi connectivity index (χ1n) is 5.95. The van der Waals surface area contributed by atoms with Crippen molar-refractivity contribution < 1.29 is 42.2 Å². The monoisotopic (exact) mass is 340 g/mol. The Morgan fingerprint density at radius 3 is 1.73 bits per heavy atom. The van der Waals surface area contributed by atoms with E-state index < -0.39 is 33.7 Å². The fraction of sp³-hybridized carbons (Fsp3) is 0.500. The maximum atomic E-state index is 10.2. The molecule has 1 aliphatic rings. The Hall–Kier alpha value is -1.75. The zero-order valence-corrected chi connectivity index (χ0v) is 12.7. The third kappa shape index (κ3) is 18.2. The van der Waals surface area contributed by atoms with Crippen LogP contribution >= 0.6 is 0 Å². The van der Waals surface area contributed by atoms with Crippen LogP contribution in [0.1, 0.15) is 6.42 Å². The van der Waals surface area contributed by atoms with E-state index in [1.165, 1.54) is 0 Å². The molecule has 1 rings (SSSR count). The number of hydrogen-bond donors (Lipinski definition) is 3. The van der Waals surface area contributed by atoms with Crippen LogP contribution in [0.2, 0.25) is 0 Å². The summed E-state index contributed by atoms with van der Waals surface area (Å²) >= 11 is 0. The number of carboxylic acid groups (broad SMARTS) is 2. The smallest absolute Gasteiger partial charge is 0.325 e. The minimum atomic E-state index is -4.84. The van der Waals surface area contributed by atoms with Crippen LogP contribution in [-0.2, 0) is 29.2 Å². The number of ether oxygens (including phenoxy) is 2. The van der Waals surface area contributed by atoms with Crippen molar-refractivity contribution in [1.29, 1.82) is 0 Å². The van der Waals surface area contributed by atoms with Crippen molar-refractivity contribution in [3.63, 3.8) is 0 Å². The molecule has 0 saturated carbocycles. The quantitative estimate of drug-likeness (QED) is 0.243. The van der Waals surface area contributed by atoms with E-state index >= 15 is 0 Å². The first-order chi connectivity index (χ1) is 10.2. The SMILES string of the molecule is C1CO1.C=CCOCC=C.O=C(O)CC(C(=O)O)S(=O)(=O)O. The van der Waals surface area contributed by atoms with Crippen LogP contribution in [0.3, 0.4) is 0 Å². The molecule has 0 aromatic heterocycles. The van der Waals surface area contributed by atoms with E-state index in [0.717, 1.165) is 13.2 Å². The van der Waals surface area contributed by atoms with Crippen LogP contribution in [-0.4, -0.2) is 66.8 Å². The van der Waals surface area contributed by atoms with Gasteiger partial charge in [0.15, 0.2) is 5.25 Å². The van der Waals surface area contributed by atoms with Crippen LogP contribution in [0, 0.1) is 0 Å². The third-order valence-corrected chi connectivity index (χ3v) is 2.76. The van der Waals surface area contributed by atoms with E-state index in [2.05, 4.69) is 17.9 Å². The molecule has 128 valence electrons. The fourth-order valence-corrected chi connectivity index (χ4v) is 1.32. The minimum Gasteiger partial charge on any atom is -0.481 e. The fourth-order valence-electron chi connectivity index (χ4n) is 0.713. The highest BCUT2D eigenvalue weighted by Crippen LogP contribution is 2.04. The second kappa shape index (κ2) is 13.0. The molecule has 10 heteroatoms. The molecule has 1 atom stereocenters. The summed E-state index contributed by atoms with van der Waals surface area (Å²) in [6.45, 7) is 10.2. The van der Waals surface area contributed by atoms with Crippen molar-refractivity contribution in [2.75, 3.05) is 26.4 Å². The predicted molar refractivity (Wildman–Crippen MR) is 77.3 cm³/mol. The lowest BCUT2D eigenvalue weighted by Crippen LogP contribution is -2.31. The van der Waals surface area contributed by atoms with Crippen LogP contribution in [0.4, 0.5) is 0 Å². The molecule has 0 spiro atoms. The summed E-state index contributed by atoms with van der Waals surface area (Å²) in [6, 6.07) is 0. The molecular weight excluding hydrogens is 320 g/mol. The molecule has 0 aromatic rings. The molecule has 22 heavy (non-hydrogen) atoms. The summed E-state index contributed by atoms with van der Waals surface area (Å²) in [6.07, 6.45) is 2.27. The van der Waals surface area contributed by atoms with Crippen LogP contribution in [0.5, 0.6) is 0 Å². The van der Waals surface area contributed by atoms with Gasteiger partial charge in [-0.3, -0.25) is 14.1 Å². The largest absolute Gasteiger partial charge is 0.481 e. The average Bonchev–Trinajstić information content (AvgIpc) is 3.23. The molecule has 9 nitrogen and oxygen atoms in total. The molecular formula is C12H20O9S. The van der Waals surface area contributed by atoms with Gasteiger partial charge in [0.05, 0.1) is 32.8 Å². The lowest BCUT2D eigenvalue weighted by Gasteiger charge is -2.04. The standard InChI is InChI=1S/C6H10O.C4H6O7S.C2H4O/c1-3-5-7-6-4-2;5-3(6)1-2(4(7)8)12(9,10)11;1-2-3-1/h3-4H,1-2,5-6H2;2H,1H2,(H,5,6)(H,7,8)(H,9,10,11);1-2H2. The molecule has 0 amide bonds. The van der Waals surface area contributed by atoms with Gasteiger partial charge in [-0.25, -0.2) is 0 Å². The molecule has 3 N–H and O–H groups in total. The molecule has 0 radical (unpaired) electrons. The second-order valence-corrected chi connectivity index (χ2v) is 5.27. The van der Waals surface area contributed by atoms with Crippen LogP contribution in [0.15, 0.2) is 25.3 Å². The summed E-state index contributed by atoms with van der Waals surface area (Å²) in [5, 5.41) is 13.9. The zero-order valence-electron chi connectivity index (χ0n) is 11.9. The number of epoxide rings is 1. The van der Waals surface area contributed by atoms with Crippen molar-refractivity contribution in [3.8, 4) is 0 Å². The molecule has 1 heterocycles. The highest BCUT2D eigenvalue weighted by molar-refractivity contribution is 7.87. The van der Waals surface area contributed by atoms with Gasteiger partial charge in [0.25, 0.3) is 10.1 Å². The summed E-state index contributed by atoms with van der Waals surface area (Å²) in [5.41, 5.74) is 0. The molecule has 1 fully saturated rings. The van der Waals surface area contributed by atoms with Crippen LogP contribution in [0.25, 0.3) is 0 Å². The van der Waals surface area contributed by atoms with E-state index in [1.807, 2.05) is 0 Å². The van der Waals surface area contributed by atoms with Crippen molar-refractivity contribution in [2.45, 2.75) is 11.7 Å². The maximum Gasteiger partial charge on any atom is 0.325 e. The van der Waals surface area contributed by atoms with Gasteiger partial charge in [-0.2, -0.15) is 8.42 Å². The summed E-state index contributed by atoms with van der Waals surface area (Å²) in [7, 11) is -4.84. The molecule has 0 bridgehead atoms. The van der Waals surface area contributed by atoms with Gasteiger partial charge in [0.1, 0.15) is 0 Å². The number of carbonyl (C=O) groups is 2. The Kier molecular flexibility index (Phi) is 13.3.